The smallest absolute Gasteiger partial charge is 0.226 e. The highest BCUT2D eigenvalue weighted by atomic mass is 35.5. The van der Waals surface area contributed by atoms with Crippen LogP contribution < -0.4 is 5.73 Å². The van der Waals surface area contributed by atoms with Crippen molar-refractivity contribution in [3.05, 3.63) is 69.7 Å². The van der Waals surface area contributed by atoms with Gasteiger partial charge in [-0.3, -0.25) is 9.59 Å². The molecule has 26 heavy (non-hydrogen) atoms. The zero-order valence-corrected chi connectivity index (χ0v) is 15.7. The lowest BCUT2D eigenvalue weighted by Gasteiger charge is -2.22. The highest BCUT2D eigenvalue weighted by molar-refractivity contribution is 6.42. The SMILES string of the molecule is NC(=O)CCN(Cc1ccccc1)C(=O)C1CC1c1ccc(Cl)c(Cl)c1. The predicted molar refractivity (Wildman–Crippen MR) is 103 cm³/mol. The maximum absolute atomic E-state index is 13.0. The first-order valence-electron chi connectivity index (χ1n) is 8.51. The fourth-order valence-corrected chi connectivity index (χ4v) is 3.44. The van der Waals surface area contributed by atoms with Crippen molar-refractivity contribution in [3.63, 3.8) is 0 Å². The molecule has 0 bridgehead atoms. The predicted octanol–water partition coefficient (Wildman–Crippen LogP) is 4.00. The topological polar surface area (TPSA) is 63.4 Å². The Balaban J connectivity index is 1.71. The molecule has 0 aliphatic heterocycles. The molecule has 1 aliphatic carbocycles. The van der Waals surface area contributed by atoms with Gasteiger partial charge in [0.2, 0.25) is 11.8 Å². The lowest BCUT2D eigenvalue weighted by atomic mass is 10.1. The zero-order valence-electron chi connectivity index (χ0n) is 14.2. The fraction of sp³-hybridized carbons (Fsp3) is 0.300. The molecule has 1 fully saturated rings. The van der Waals surface area contributed by atoms with Gasteiger partial charge < -0.3 is 10.6 Å². The molecule has 0 saturated heterocycles. The summed E-state index contributed by atoms with van der Waals surface area (Å²) in [7, 11) is 0. The molecule has 0 spiro atoms. The number of hydrogen-bond acceptors (Lipinski definition) is 2. The first kappa shape index (κ1) is 18.7. The quantitative estimate of drug-likeness (QED) is 0.776. The van der Waals surface area contributed by atoms with E-state index in [9.17, 15) is 9.59 Å². The minimum atomic E-state index is -0.410. The van der Waals surface area contributed by atoms with Crippen LogP contribution >= 0.6 is 23.2 Å². The summed E-state index contributed by atoms with van der Waals surface area (Å²) in [6, 6.07) is 15.2. The molecule has 1 aliphatic rings. The van der Waals surface area contributed by atoms with Crippen LogP contribution in [-0.2, 0) is 16.1 Å². The van der Waals surface area contributed by atoms with Crippen molar-refractivity contribution in [2.75, 3.05) is 6.54 Å². The van der Waals surface area contributed by atoms with E-state index in [1.807, 2.05) is 42.5 Å². The first-order valence-corrected chi connectivity index (χ1v) is 9.27. The standard InChI is InChI=1S/C20H20Cl2N2O2/c21-17-7-6-14(10-18(17)22)15-11-16(15)20(26)24(9-8-19(23)25)12-13-4-2-1-3-5-13/h1-7,10,15-16H,8-9,11-12H2,(H2,23,25). The Morgan fingerprint density at radius 2 is 1.81 bits per heavy atom. The van der Waals surface area contributed by atoms with E-state index in [-0.39, 0.29) is 24.2 Å². The molecule has 2 atom stereocenters. The maximum Gasteiger partial charge on any atom is 0.226 e. The fourth-order valence-electron chi connectivity index (χ4n) is 3.13. The van der Waals surface area contributed by atoms with Gasteiger partial charge in [0.05, 0.1) is 10.0 Å². The lowest BCUT2D eigenvalue weighted by Crippen LogP contribution is -2.35. The van der Waals surface area contributed by atoms with E-state index in [1.165, 1.54) is 0 Å². The molecule has 3 rings (SSSR count). The van der Waals surface area contributed by atoms with Crippen LogP contribution in [0.4, 0.5) is 0 Å². The second-order valence-electron chi connectivity index (χ2n) is 6.58. The van der Waals surface area contributed by atoms with Crippen LogP contribution in [0.3, 0.4) is 0 Å². The normalized spacial score (nSPS) is 18.4. The van der Waals surface area contributed by atoms with Gasteiger partial charge in [-0.05, 0) is 35.6 Å². The van der Waals surface area contributed by atoms with Crippen LogP contribution in [0.2, 0.25) is 10.0 Å². The molecule has 4 nitrogen and oxygen atoms in total. The van der Waals surface area contributed by atoms with Crippen molar-refractivity contribution in [1.29, 1.82) is 0 Å². The van der Waals surface area contributed by atoms with Crippen LogP contribution in [0.15, 0.2) is 48.5 Å². The van der Waals surface area contributed by atoms with E-state index in [1.54, 1.807) is 11.0 Å². The third-order valence-electron chi connectivity index (χ3n) is 4.64. The van der Waals surface area contributed by atoms with E-state index in [0.29, 0.717) is 23.1 Å². The Bertz CT molecular complexity index is 811. The number of benzene rings is 2. The molecule has 136 valence electrons. The van der Waals surface area contributed by atoms with Crippen LogP contribution in [0.1, 0.15) is 29.9 Å². The Morgan fingerprint density at radius 1 is 1.08 bits per heavy atom. The van der Waals surface area contributed by atoms with Crippen LogP contribution in [-0.4, -0.2) is 23.3 Å². The molecule has 0 aromatic heterocycles. The summed E-state index contributed by atoms with van der Waals surface area (Å²) >= 11 is 12.1. The van der Waals surface area contributed by atoms with E-state index in [4.69, 9.17) is 28.9 Å². The number of amides is 2. The third-order valence-corrected chi connectivity index (χ3v) is 5.37. The van der Waals surface area contributed by atoms with Gasteiger partial charge in [-0.1, -0.05) is 59.6 Å². The molecule has 2 aromatic carbocycles. The van der Waals surface area contributed by atoms with Crippen molar-refractivity contribution in [2.24, 2.45) is 11.7 Å². The van der Waals surface area contributed by atoms with Crippen molar-refractivity contribution in [2.45, 2.75) is 25.3 Å². The van der Waals surface area contributed by atoms with E-state index >= 15 is 0 Å². The van der Waals surface area contributed by atoms with Crippen LogP contribution in [0.25, 0.3) is 0 Å². The largest absolute Gasteiger partial charge is 0.370 e. The van der Waals surface area contributed by atoms with Crippen molar-refractivity contribution in [3.8, 4) is 0 Å². The van der Waals surface area contributed by atoms with Gasteiger partial charge in [0, 0.05) is 25.4 Å². The molecule has 1 saturated carbocycles. The molecular weight excluding hydrogens is 371 g/mol. The number of halogens is 2. The Kier molecular flexibility index (Phi) is 5.84. The van der Waals surface area contributed by atoms with Gasteiger partial charge in [-0.25, -0.2) is 0 Å². The number of carbonyl (C=O) groups is 2. The summed E-state index contributed by atoms with van der Waals surface area (Å²) in [6.45, 7) is 0.797. The second-order valence-corrected chi connectivity index (χ2v) is 7.40. The number of nitrogens with zero attached hydrogens (tertiary/aromatic N) is 1. The van der Waals surface area contributed by atoms with Gasteiger partial charge in [0.25, 0.3) is 0 Å². The van der Waals surface area contributed by atoms with Gasteiger partial charge in [0.15, 0.2) is 0 Å². The summed E-state index contributed by atoms with van der Waals surface area (Å²) in [5.74, 6) is -0.313. The van der Waals surface area contributed by atoms with Gasteiger partial charge in [-0.15, -0.1) is 0 Å². The first-order chi connectivity index (χ1) is 12.5. The molecule has 0 heterocycles. The van der Waals surface area contributed by atoms with Crippen LogP contribution in [0.5, 0.6) is 0 Å². The van der Waals surface area contributed by atoms with Crippen molar-refractivity contribution in [1.82, 2.24) is 4.90 Å². The average Bonchev–Trinajstić information content (AvgIpc) is 3.42. The van der Waals surface area contributed by atoms with Crippen molar-refractivity contribution >= 4 is 35.0 Å². The molecule has 2 aromatic rings. The third kappa shape index (κ3) is 4.57. The summed E-state index contributed by atoms with van der Waals surface area (Å²) in [5, 5.41) is 1.00. The van der Waals surface area contributed by atoms with E-state index < -0.39 is 5.91 Å². The van der Waals surface area contributed by atoms with E-state index in [0.717, 1.165) is 17.5 Å². The highest BCUT2D eigenvalue weighted by Gasteiger charge is 2.45. The number of primary amides is 1. The summed E-state index contributed by atoms with van der Waals surface area (Å²) < 4.78 is 0. The van der Waals surface area contributed by atoms with Gasteiger partial charge >= 0.3 is 0 Å². The lowest BCUT2D eigenvalue weighted by molar-refractivity contribution is -0.133. The average molecular weight is 391 g/mol. The van der Waals surface area contributed by atoms with Gasteiger partial charge in [-0.2, -0.15) is 0 Å². The van der Waals surface area contributed by atoms with Crippen LogP contribution in [0, 0.1) is 5.92 Å². The molecular formula is C20H20Cl2N2O2. The molecule has 6 heteroatoms. The minimum Gasteiger partial charge on any atom is -0.370 e. The van der Waals surface area contributed by atoms with Crippen molar-refractivity contribution < 1.29 is 9.59 Å². The molecule has 0 radical (unpaired) electrons. The summed E-state index contributed by atoms with van der Waals surface area (Å²) in [6.07, 6.45) is 0.932. The molecule has 2 unspecified atom stereocenters. The Hall–Kier alpha value is -2.04. The highest BCUT2D eigenvalue weighted by Crippen LogP contribution is 2.49. The molecule has 2 amide bonds. The van der Waals surface area contributed by atoms with Gasteiger partial charge in [0.1, 0.15) is 0 Å². The number of carbonyl (C=O) groups excluding carboxylic acids is 2. The molecule has 2 N–H and O–H groups in total. The Morgan fingerprint density at radius 3 is 2.46 bits per heavy atom. The maximum atomic E-state index is 13.0. The Labute approximate surface area is 162 Å². The summed E-state index contributed by atoms with van der Waals surface area (Å²) in [4.78, 5) is 25.9. The number of rotatable bonds is 7. The monoisotopic (exact) mass is 390 g/mol. The number of nitrogens with two attached hydrogens (primary N) is 1. The van der Waals surface area contributed by atoms with E-state index in [2.05, 4.69) is 0 Å². The second kappa shape index (κ2) is 8.11. The zero-order chi connectivity index (χ0) is 18.7. The summed E-state index contributed by atoms with van der Waals surface area (Å²) in [5.41, 5.74) is 7.32. The number of hydrogen-bond donors (Lipinski definition) is 1. The minimum absolute atomic E-state index is 0.0474.